The van der Waals surface area contributed by atoms with Gasteiger partial charge >= 0.3 is 0 Å². The molecular weight excluding hydrogens is 306 g/mol. The summed E-state index contributed by atoms with van der Waals surface area (Å²) in [5.41, 5.74) is 1.14. The fourth-order valence-corrected chi connectivity index (χ4v) is 3.21. The van der Waals surface area contributed by atoms with Crippen LogP contribution in [0.4, 0.5) is 0 Å². The van der Waals surface area contributed by atoms with Crippen molar-refractivity contribution < 1.29 is 9.53 Å². The number of likely N-dealkylation sites (tertiary alicyclic amines) is 1. The second-order valence-corrected chi connectivity index (χ2v) is 6.66. The Hall–Kier alpha value is -1.03. The summed E-state index contributed by atoms with van der Waals surface area (Å²) in [5, 5.41) is 0. The number of carbonyl (C=O) groups is 1. The zero-order chi connectivity index (χ0) is 13.4. The summed E-state index contributed by atoms with van der Waals surface area (Å²) in [7, 11) is 0. The highest BCUT2D eigenvalue weighted by Crippen LogP contribution is 2.30. The largest absolute Gasteiger partial charge is 0.480 e. The standard InChI is InChI=1S/C15H18BrNO2/c1-10-9-17(7-6-12(10)16)15(18)14-8-11-4-2-3-5-13(11)19-14/h2-5,10,12,14H,6-9H2,1H3. The maximum absolute atomic E-state index is 12.5. The van der Waals surface area contributed by atoms with Crippen molar-refractivity contribution in [1.82, 2.24) is 4.90 Å². The molecule has 102 valence electrons. The number of benzene rings is 1. The molecule has 1 aromatic rings. The molecule has 1 amide bonds. The minimum atomic E-state index is -0.323. The molecule has 0 saturated carbocycles. The fourth-order valence-electron chi connectivity index (χ4n) is 2.84. The number of nitrogens with zero attached hydrogens (tertiary/aromatic N) is 1. The molecule has 3 rings (SSSR count). The molecule has 0 aliphatic carbocycles. The summed E-state index contributed by atoms with van der Waals surface area (Å²) in [6.45, 7) is 3.84. The minimum absolute atomic E-state index is 0.141. The SMILES string of the molecule is CC1CN(C(=O)C2Cc3ccccc3O2)CCC1Br. The number of halogens is 1. The lowest BCUT2D eigenvalue weighted by molar-refractivity contribution is -0.139. The van der Waals surface area contributed by atoms with Crippen LogP contribution in [0.1, 0.15) is 18.9 Å². The highest BCUT2D eigenvalue weighted by atomic mass is 79.9. The molecule has 3 atom stereocenters. The molecule has 0 bridgehead atoms. The van der Waals surface area contributed by atoms with Crippen LogP contribution in [-0.4, -0.2) is 34.8 Å². The monoisotopic (exact) mass is 323 g/mol. The van der Waals surface area contributed by atoms with Crippen molar-refractivity contribution in [1.29, 1.82) is 0 Å². The van der Waals surface area contributed by atoms with Crippen molar-refractivity contribution in [3.63, 3.8) is 0 Å². The van der Waals surface area contributed by atoms with Crippen molar-refractivity contribution in [3.8, 4) is 5.75 Å². The van der Waals surface area contributed by atoms with Crippen LogP contribution in [0.25, 0.3) is 0 Å². The van der Waals surface area contributed by atoms with Gasteiger partial charge in [0, 0.05) is 24.3 Å². The Morgan fingerprint density at radius 1 is 1.42 bits per heavy atom. The van der Waals surface area contributed by atoms with E-state index in [-0.39, 0.29) is 12.0 Å². The summed E-state index contributed by atoms with van der Waals surface area (Å²) >= 11 is 3.67. The smallest absolute Gasteiger partial charge is 0.264 e. The van der Waals surface area contributed by atoms with Crippen LogP contribution in [-0.2, 0) is 11.2 Å². The van der Waals surface area contributed by atoms with E-state index in [1.54, 1.807) is 0 Å². The van der Waals surface area contributed by atoms with E-state index in [1.807, 2.05) is 29.2 Å². The molecular formula is C15H18BrNO2. The van der Waals surface area contributed by atoms with Crippen molar-refractivity contribution in [2.24, 2.45) is 5.92 Å². The summed E-state index contributed by atoms with van der Waals surface area (Å²) in [6.07, 6.45) is 1.40. The molecule has 1 saturated heterocycles. The van der Waals surface area contributed by atoms with E-state index >= 15 is 0 Å². The molecule has 4 heteroatoms. The Morgan fingerprint density at radius 3 is 2.95 bits per heavy atom. The molecule has 1 aromatic carbocycles. The zero-order valence-electron chi connectivity index (χ0n) is 11.0. The van der Waals surface area contributed by atoms with E-state index in [9.17, 15) is 4.79 Å². The number of rotatable bonds is 1. The van der Waals surface area contributed by atoms with Crippen LogP contribution in [0, 0.1) is 5.92 Å². The molecule has 1 fully saturated rings. The third kappa shape index (κ3) is 2.50. The van der Waals surface area contributed by atoms with Gasteiger partial charge in [-0.25, -0.2) is 0 Å². The van der Waals surface area contributed by atoms with Crippen molar-refractivity contribution in [2.75, 3.05) is 13.1 Å². The minimum Gasteiger partial charge on any atom is -0.480 e. The van der Waals surface area contributed by atoms with Gasteiger partial charge in [-0.15, -0.1) is 0 Å². The van der Waals surface area contributed by atoms with Gasteiger partial charge in [0.25, 0.3) is 5.91 Å². The Labute approximate surface area is 122 Å². The molecule has 3 unspecified atom stereocenters. The van der Waals surface area contributed by atoms with Gasteiger partial charge in [0.05, 0.1) is 0 Å². The Bertz CT molecular complexity index is 466. The predicted molar refractivity (Wildman–Crippen MR) is 77.6 cm³/mol. The average molecular weight is 324 g/mol. The lowest BCUT2D eigenvalue weighted by Gasteiger charge is -2.35. The summed E-state index contributed by atoms with van der Waals surface area (Å²) in [6, 6.07) is 7.92. The first-order chi connectivity index (χ1) is 9.15. The van der Waals surface area contributed by atoms with E-state index < -0.39 is 0 Å². The molecule has 2 aliphatic heterocycles. The number of para-hydroxylation sites is 1. The molecule has 19 heavy (non-hydrogen) atoms. The number of carbonyl (C=O) groups excluding carboxylic acids is 1. The number of hydrogen-bond acceptors (Lipinski definition) is 2. The van der Waals surface area contributed by atoms with Crippen molar-refractivity contribution >= 4 is 21.8 Å². The fraction of sp³-hybridized carbons (Fsp3) is 0.533. The summed E-state index contributed by atoms with van der Waals surface area (Å²) in [4.78, 5) is 15.0. The van der Waals surface area contributed by atoms with Gasteiger partial charge in [-0.1, -0.05) is 41.1 Å². The topological polar surface area (TPSA) is 29.5 Å². The van der Waals surface area contributed by atoms with Crippen molar-refractivity contribution in [2.45, 2.75) is 30.7 Å². The second kappa shape index (κ2) is 5.16. The molecule has 3 nitrogen and oxygen atoms in total. The van der Waals surface area contributed by atoms with Crippen LogP contribution in [0.15, 0.2) is 24.3 Å². The van der Waals surface area contributed by atoms with Gasteiger partial charge in [0.2, 0.25) is 0 Å². The van der Waals surface area contributed by atoms with Crippen LogP contribution in [0.5, 0.6) is 5.75 Å². The van der Waals surface area contributed by atoms with Crippen LogP contribution in [0.2, 0.25) is 0 Å². The molecule has 0 radical (unpaired) electrons. The second-order valence-electron chi connectivity index (χ2n) is 5.48. The first-order valence-corrected chi connectivity index (χ1v) is 7.74. The molecule has 0 N–H and O–H groups in total. The van der Waals surface area contributed by atoms with E-state index in [1.165, 1.54) is 0 Å². The number of alkyl halides is 1. The van der Waals surface area contributed by atoms with Crippen LogP contribution >= 0.6 is 15.9 Å². The number of amides is 1. The summed E-state index contributed by atoms with van der Waals surface area (Å²) < 4.78 is 5.78. The Balaban J connectivity index is 1.67. The van der Waals surface area contributed by atoms with Gasteiger partial charge in [-0.2, -0.15) is 0 Å². The first kappa shape index (κ1) is 13.0. The lowest BCUT2D eigenvalue weighted by Crippen LogP contribution is -2.48. The van der Waals surface area contributed by atoms with Gasteiger partial charge in [-0.3, -0.25) is 4.79 Å². The number of fused-ring (bicyclic) bond motifs is 1. The highest BCUT2D eigenvalue weighted by molar-refractivity contribution is 9.09. The maximum atomic E-state index is 12.5. The normalized spacial score (nSPS) is 29.8. The molecule has 2 aliphatic rings. The first-order valence-electron chi connectivity index (χ1n) is 6.82. The third-order valence-corrected chi connectivity index (χ3v) is 5.40. The quantitative estimate of drug-likeness (QED) is 0.743. The van der Waals surface area contributed by atoms with Crippen molar-refractivity contribution in [3.05, 3.63) is 29.8 Å². The number of hydrogen-bond donors (Lipinski definition) is 0. The van der Waals surface area contributed by atoms with Gasteiger partial charge in [0.1, 0.15) is 5.75 Å². The zero-order valence-corrected chi connectivity index (χ0v) is 12.6. The van der Waals surface area contributed by atoms with Gasteiger partial charge in [-0.05, 0) is 24.0 Å². The third-order valence-electron chi connectivity index (χ3n) is 4.03. The number of ether oxygens (including phenoxy) is 1. The molecule has 0 spiro atoms. The van der Waals surface area contributed by atoms with E-state index in [0.717, 1.165) is 30.8 Å². The highest BCUT2D eigenvalue weighted by Gasteiger charge is 2.35. The molecule has 0 aromatic heterocycles. The predicted octanol–water partition coefficient (Wildman–Crippen LogP) is 2.62. The summed E-state index contributed by atoms with van der Waals surface area (Å²) in [5.74, 6) is 1.51. The van der Waals surface area contributed by atoms with E-state index in [0.29, 0.717) is 17.2 Å². The number of piperidine rings is 1. The Kier molecular flexibility index (Phi) is 3.52. The van der Waals surface area contributed by atoms with Gasteiger partial charge < -0.3 is 9.64 Å². The lowest BCUT2D eigenvalue weighted by atomic mass is 9.99. The Morgan fingerprint density at radius 2 is 2.21 bits per heavy atom. The van der Waals surface area contributed by atoms with Crippen LogP contribution < -0.4 is 4.74 Å². The average Bonchev–Trinajstić information content (AvgIpc) is 2.85. The maximum Gasteiger partial charge on any atom is 0.264 e. The van der Waals surface area contributed by atoms with Crippen LogP contribution in [0.3, 0.4) is 0 Å². The van der Waals surface area contributed by atoms with Gasteiger partial charge in [0.15, 0.2) is 6.10 Å². The van der Waals surface area contributed by atoms with E-state index in [4.69, 9.17) is 4.74 Å². The van der Waals surface area contributed by atoms with E-state index in [2.05, 4.69) is 22.9 Å². The molecule has 2 heterocycles.